The minimum absolute atomic E-state index is 0.0864. The topological polar surface area (TPSA) is 40.5 Å². The second kappa shape index (κ2) is 6.18. The Morgan fingerprint density at radius 3 is 2.71 bits per heavy atom. The van der Waals surface area contributed by atoms with Crippen molar-refractivity contribution in [2.45, 2.75) is 19.8 Å². The second-order valence-corrected chi connectivity index (χ2v) is 3.82. The number of hydrogen-bond acceptors (Lipinski definition) is 2. The van der Waals surface area contributed by atoms with Gasteiger partial charge in [-0.05, 0) is 24.6 Å². The van der Waals surface area contributed by atoms with Gasteiger partial charge in [0.2, 0.25) is 0 Å². The molecule has 1 N–H and O–H groups in total. The van der Waals surface area contributed by atoms with E-state index in [-0.39, 0.29) is 13.0 Å². The number of carboxylic acid groups (broad SMARTS) is 1. The first-order valence-corrected chi connectivity index (χ1v) is 5.30. The highest BCUT2D eigenvalue weighted by Crippen LogP contribution is 2.17. The largest absolute Gasteiger partial charge is 0.481 e. The van der Waals surface area contributed by atoms with Crippen LogP contribution in [0.25, 0.3) is 0 Å². The fourth-order valence-electron chi connectivity index (χ4n) is 1.55. The lowest BCUT2D eigenvalue weighted by Gasteiger charge is -2.24. The third kappa shape index (κ3) is 4.80. The van der Waals surface area contributed by atoms with Gasteiger partial charge in [0.25, 0.3) is 6.43 Å². The summed E-state index contributed by atoms with van der Waals surface area (Å²) in [6.45, 7) is 1.50. The molecule has 0 saturated heterocycles. The molecule has 17 heavy (non-hydrogen) atoms. The molecule has 94 valence electrons. The second-order valence-electron chi connectivity index (χ2n) is 3.82. The monoisotopic (exact) mass is 243 g/mol. The van der Waals surface area contributed by atoms with Crippen LogP contribution in [0.2, 0.25) is 0 Å². The lowest BCUT2D eigenvalue weighted by molar-refractivity contribution is -0.136. The number of benzene rings is 1. The fraction of sp³-hybridized carbons (Fsp3) is 0.417. The van der Waals surface area contributed by atoms with Gasteiger partial charge in [0.1, 0.15) is 0 Å². The van der Waals surface area contributed by atoms with Crippen LogP contribution in [0.4, 0.5) is 14.5 Å². The van der Waals surface area contributed by atoms with Crippen LogP contribution >= 0.6 is 0 Å². The summed E-state index contributed by atoms with van der Waals surface area (Å²) >= 11 is 0. The molecule has 1 rings (SSSR count). The van der Waals surface area contributed by atoms with Gasteiger partial charge in [0, 0.05) is 12.2 Å². The highest BCUT2D eigenvalue weighted by Gasteiger charge is 2.14. The number of aliphatic carboxylic acids is 1. The zero-order valence-electron chi connectivity index (χ0n) is 9.57. The number of alkyl halides is 2. The fourth-order valence-corrected chi connectivity index (χ4v) is 1.55. The molecule has 0 fully saturated rings. The van der Waals surface area contributed by atoms with Gasteiger partial charge in [0.05, 0.1) is 13.0 Å². The molecule has 0 aliphatic rings. The first kappa shape index (κ1) is 13.4. The van der Waals surface area contributed by atoms with Gasteiger partial charge >= 0.3 is 5.97 Å². The van der Waals surface area contributed by atoms with Crippen molar-refractivity contribution in [1.29, 1.82) is 0 Å². The zero-order valence-corrected chi connectivity index (χ0v) is 9.57. The number of aryl methyl sites for hydroxylation is 1. The summed E-state index contributed by atoms with van der Waals surface area (Å²) in [7, 11) is 0. The van der Waals surface area contributed by atoms with E-state index in [0.717, 1.165) is 5.56 Å². The van der Waals surface area contributed by atoms with Crippen LogP contribution in [0.3, 0.4) is 0 Å². The lowest BCUT2D eigenvalue weighted by Crippen LogP contribution is -2.31. The van der Waals surface area contributed by atoms with Gasteiger partial charge < -0.3 is 10.0 Å². The molecule has 0 spiro atoms. The van der Waals surface area contributed by atoms with Crippen molar-refractivity contribution in [2.75, 3.05) is 18.0 Å². The molecule has 0 atom stereocenters. The van der Waals surface area contributed by atoms with Crippen molar-refractivity contribution in [3.8, 4) is 0 Å². The van der Waals surface area contributed by atoms with Crippen molar-refractivity contribution >= 4 is 11.7 Å². The van der Waals surface area contributed by atoms with E-state index in [1.165, 1.54) is 4.90 Å². The Labute approximate surface area is 98.7 Å². The third-order valence-corrected chi connectivity index (χ3v) is 2.32. The van der Waals surface area contributed by atoms with Crippen molar-refractivity contribution in [1.82, 2.24) is 0 Å². The Balaban J connectivity index is 2.77. The number of halogens is 2. The molecular weight excluding hydrogens is 228 g/mol. The Morgan fingerprint density at radius 1 is 1.47 bits per heavy atom. The molecule has 1 aromatic rings. The predicted molar refractivity (Wildman–Crippen MR) is 61.6 cm³/mol. The van der Waals surface area contributed by atoms with E-state index in [1.807, 2.05) is 13.0 Å². The number of carboxylic acids is 1. The predicted octanol–water partition coefficient (Wildman–Crippen LogP) is 2.54. The number of hydrogen-bond donors (Lipinski definition) is 1. The first-order chi connectivity index (χ1) is 7.99. The SMILES string of the molecule is Cc1cccc(N(CCC(=O)O)CC(F)F)c1. The van der Waals surface area contributed by atoms with Crippen LogP contribution < -0.4 is 4.90 Å². The highest BCUT2D eigenvalue weighted by atomic mass is 19.3. The molecule has 0 aliphatic carbocycles. The van der Waals surface area contributed by atoms with E-state index < -0.39 is 18.9 Å². The first-order valence-electron chi connectivity index (χ1n) is 5.30. The Hall–Kier alpha value is -1.65. The molecule has 0 unspecified atom stereocenters. The zero-order chi connectivity index (χ0) is 12.8. The van der Waals surface area contributed by atoms with Gasteiger partial charge in [-0.25, -0.2) is 8.78 Å². The third-order valence-electron chi connectivity index (χ3n) is 2.32. The van der Waals surface area contributed by atoms with Gasteiger partial charge in [-0.15, -0.1) is 0 Å². The van der Waals surface area contributed by atoms with Crippen LogP contribution in [0, 0.1) is 6.92 Å². The number of nitrogens with zero attached hydrogens (tertiary/aromatic N) is 1. The molecule has 0 amide bonds. The molecule has 0 radical (unpaired) electrons. The van der Waals surface area contributed by atoms with Crippen LogP contribution in [-0.2, 0) is 4.79 Å². The van der Waals surface area contributed by atoms with Gasteiger partial charge in [-0.2, -0.15) is 0 Å². The van der Waals surface area contributed by atoms with Crippen molar-refractivity contribution in [3.63, 3.8) is 0 Å². The number of anilines is 1. The quantitative estimate of drug-likeness (QED) is 0.834. The number of carbonyl (C=O) groups is 1. The molecule has 3 nitrogen and oxygen atoms in total. The van der Waals surface area contributed by atoms with Crippen molar-refractivity contribution in [3.05, 3.63) is 29.8 Å². The molecule has 0 heterocycles. The molecule has 0 aliphatic heterocycles. The molecule has 5 heteroatoms. The molecule has 0 aromatic heterocycles. The van der Waals surface area contributed by atoms with E-state index in [2.05, 4.69) is 0 Å². The lowest BCUT2D eigenvalue weighted by atomic mass is 10.2. The van der Waals surface area contributed by atoms with E-state index in [4.69, 9.17) is 5.11 Å². The van der Waals surface area contributed by atoms with E-state index in [9.17, 15) is 13.6 Å². The molecular formula is C12H15F2NO2. The smallest absolute Gasteiger partial charge is 0.305 e. The van der Waals surface area contributed by atoms with Crippen LogP contribution in [0.5, 0.6) is 0 Å². The normalized spacial score (nSPS) is 10.6. The Kier molecular flexibility index (Phi) is 4.87. The standard InChI is InChI=1S/C12H15F2NO2/c1-9-3-2-4-10(7-9)15(8-11(13)14)6-5-12(16)17/h2-4,7,11H,5-6,8H2,1H3,(H,16,17). The average molecular weight is 243 g/mol. The minimum Gasteiger partial charge on any atom is -0.481 e. The van der Waals surface area contributed by atoms with Gasteiger partial charge in [0.15, 0.2) is 0 Å². The molecule has 0 saturated carbocycles. The molecule has 1 aromatic carbocycles. The average Bonchev–Trinajstić information content (AvgIpc) is 2.23. The summed E-state index contributed by atoms with van der Waals surface area (Å²) in [5.41, 5.74) is 1.59. The summed E-state index contributed by atoms with van der Waals surface area (Å²) in [6.07, 6.45) is -2.63. The van der Waals surface area contributed by atoms with E-state index >= 15 is 0 Å². The maximum Gasteiger partial charge on any atom is 0.305 e. The maximum absolute atomic E-state index is 12.4. The van der Waals surface area contributed by atoms with Crippen LogP contribution in [0.15, 0.2) is 24.3 Å². The van der Waals surface area contributed by atoms with Gasteiger partial charge in [-0.3, -0.25) is 4.79 Å². The molecule has 0 bridgehead atoms. The van der Waals surface area contributed by atoms with Crippen LogP contribution in [-0.4, -0.2) is 30.6 Å². The summed E-state index contributed by atoms with van der Waals surface area (Å²) in [4.78, 5) is 11.9. The summed E-state index contributed by atoms with van der Waals surface area (Å²) < 4.78 is 24.8. The number of rotatable bonds is 6. The Morgan fingerprint density at radius 2 is 2.18 bits per heavy atom. The van der Waals surface area contributed by atoms with Crippen LogP contribution in [0.1, 0.15) is 12.0 Å². The highest BCUT2D eigenvalue weighted by molar-refractivity contribution is 5.67. The van der Waals surface area contributed by atoms with Crippen molar-refractivity contribution in [2.24, 2.45) is 0 Å². The van der Waals surface area contributed by atoms with Crippen molar-refractivity contribution < 1.29 is 18.7 Å². The van der Waals surface area contributed by atoms with E-state index in [0.29, 0.717) is 5.69 Å². The van der Waals surface area contributed by atoms with E-state index in [1.54, 1.807) is 18.2 Å². The summed E-state index contributed by atoms with van der Waals surface area (Å²) in [6, 6.07) is 7.10. The van der Waals surface area contributed by atoms with Gasteiger partial charge in [-0.1, -0.05) is 12.1 Å². The summed E-state index contributed by atoms with van der Waals surface area (Å²) in [5.74, 6) is -0.989. The summed E-state index contributed by atoms with van der Waals surface area (Å²) in [5, 5.41) is 8.58. The maximum atomic E-state index is 12.4. The Bertz CT molecular complexity index is 383. The minimum atomic E-state index is -2.48.